The van der Waals surface area contributed by atoms with Crippen LogP contribution in [-0.2, 0) is 0 Å². The Morgan fingerprint density at radius 2 is 1.94 bits per heavy atom. The van der Waals surface area contributed by atoms with Crippen molar-refractivity contribution in [1.82, 2.24) is 0 Å². The Labute approximate surface area is 120 Å². The van der Waals surface area contributed by atoms with E-state index in [4.69, 9.17) is 0 Å². The van der Waals surface area contributed by atoms with Gasteiger partial charge in [0.2, 0.25) is 0 Å². The molecule has 1 aliphatic carbocycles. The molecule has 0 radical (unpaired) electrons. The standard InChI is InChI=1S/C14H23BrO2Si/c1-4-18(5-2,6-3)11-9-13(16)14(17)10-7-8-12(14)15/h8,13,16-17H,4-7,10H2,1-3H3/t13-,14+/m0/s1. The molecule has 0 heterocycles. The molecule has 1 rings (SSSR count). The van der Waals surface area contributed by atoms with Crippen LogP contribution >= 0.6 is 15.9 Å². The molecule has 0 saturated heterocycles. The molecule has 0 aromatic carbocycles. The fraction of sp³-hybridized carbons (Fsp3) is 0.714. The van der Waals surface area contributed by atoms with Gasteiger partial charge in [0.15, 0.2) is 0 Å². The first-order chi connectivity index (χ1) is 8.44. The van der Waals surface area contributed by atoms with Crippen LogP contribution in [0.4, 0.5) is 0 Å². The van der Waals surface area contributed by atoms with Gasteiger partial charge in [-0.25, -0.2) is 0 Å². The lowest BCUT2D eigenvalue weighted by atomic mass is 9.97. The fourth-order valence-electron chi connectivity index (χ4n) is 2.34. The van der Waals surface area contributed by atoms with Crippen LogP contribution in [0.15, 0.2) is 10.6 Å². The van der Waals surface area contributed by atoms with Gasteiger partial charge in [0.1, 0.15) is 19.8 Å². The van der Waals surface area contributed by atoms with Crippen molar-refractivity contribution in [3.8, 4) is 11.5 Å². The third-order valence-electron chi connectivity index (χ3n) is 4.22. The van der Waals surface area contributed by atoms with E-state index in [0.29, 0.717) is 10.9 Å². The van der Waals surface area contributed by atoms with Crippen molar-refractivity contribution in [2.75, 3.05) is 0 Å². The maximum atomic E-state index is 10.4. The topological polar surface area (TPSA) is 40.5 Å². The molecule has 102 valence electrons. The SMILES string of the molecule is CC[Si](C#C[C@H](O)[C@@]1(O)CCC=C1Br)(CC)CC. The smallest absolute Gasteiger partial charge is 0.147 e. The van der Waals surface area contributed by atoms with Crippen molar-refractivity contribution in [2.24, 2.45) is 0 Å². The summed E-state index contributed by atoms with van der Waals surface area (Å²) in [6.07, 6.45) is 2.26. The Balaban J connectivity index is 2.88. The zero-order chi connectivity index (χ0) is 13.8. The van der Waals surface area contributed by atoms with E-state index in [0.717, 1.165) is 24.6 Å². The minimum Gasteiger partial charge on any atom is -0.381 e. The Kier molecular flexibility index (Phi) is 5.66. The first-order valence-electron chi connectivity index (χ1n) is 6.73. The second-order valence-corrected chi connectivity index (χ2v) is 10.8. The minimum absolute atomic E-state index is 0.544. The van der Waals surface area contributed by atoms with Crippen LogP contribution in [0.25, 0.3) is 0 Å². The summed E-state index contributed by atoms with van der Waals surface area (Å²) in [6.45, 7) is 6.54. The molecule has 0 aromatic rings. The predicted molar refractivity (Wildman–Crippen MR) is 82.2 cm³/mol. The zero-order valence-corrected chi connectivity index (χ0v) is 14.0. The molecule has 0 aliphatic heterocycles. The number of allylic oxidation sites excluding steroid dienone is 1. The summed E-state index contributed by atoms with van der Waals surface area (Å²) in [6, 6.07) is 3.32. The summed E-state index contributed by atoms with van der Waals surface area (Å²) in [5.41, 5.74) is 2.14. The summed E-state index contributed by atoms with van der Waals surface area (Å²) in [5.74, 6) is 2.94. The van der Waals surface area contributed by atoms with E-state index >= 15 is 0 Å². The highest BCUT2D eigenvalue weighted by molar-refractivity contribution is 9.11. The summed E-state index contributed by atoms with van der Waals surface area (Å²) < 4.78 is 0.675. The van der Waals surface area contributed by atoms with Crippen LogP contribution in [0, 0.1) is 11.5 Å². The average molecular weight is 331 g/mol. The van der Waals surface area contributed by atoms with Gasteiger partial charge in [-0.3, -0.25) is 0 Å². The normalized spacial score (nSPS) is 25.3. The van der Waals surface area contributed by atoms with Crippen molar-refractivity contribution in [3.05, 3.63) is 10.6 Å². The molecule has 0 amide bonds. The maximum Gasteiger partial charge on any atom is 0.147 e. The van der Waals surface area contributed by atoms with Crippen LogP contribution in [0.3, 0.4) is 0 Å². The lowest BCUT2D eigenvalue weighted by Gasteiger charge is -2.27. The van der Waals surface area contributed by atoms with Gasteiger partial charge in [-0.15, -0.1) is 5.54 Å². The third kappa shape index (κ3) is 3.08. The maximum absolute atomic E-state index is 10.4. The van der Waals surface area contributed by atoms with Crippen LogP contribution in [0.1, 0.15) is 33.6 Å². The van der Waals surface area contributed by atoms with Gasteiger partial charge >= 0.3 is 0 Å². The molecule has 0 bridgehead atoms. The number of aliphatic hydroxyl groups excluding tert-OH is 1. The summed E-state index contributed by atoms with van der Waals surface area (Å²) in [5, 5.41) is 20.5. The molecule has 0 spiro atoms. The number of hydrogen-bond acceptors (Lipinski definition) is 2. The number of hydrogen-bond donors (Lipinski definition) is 2. The second kappa shape index (κ2) is 6.38. The zero-order valence-electron chi connectivity index (χ0n) is 11.5. The monoisotopic (exact) mass is 330 g/mol. The van der Waals surface area contributed by atoms with E-state index in [1.165, 1.54) is 0 Å². The Bertz CT molecular complexity index is 371. The minimum atomic E-state index is -1.55. The van der Waals surface area contributed by atoms with Crippen LogP contribution < -0.4 is 0 Å². The molecule has 0 fully saturated rings. The lowest BCUT2D eigenvalue weighted by molar-refractivity contribution is -0.0107. The Morgan fingerprint density at radius 1 is 1.39 bits per heavy atom. The highest BCUT2D eigenvalue weighted by Gasteiger charge is 2.40. The molecule has 2 nitrogen and oxygen atoms in total. The average Bonchev–Trinajstić information content (AvgIpc) is 2.73. The number of halogens is 1. The van der Waals surface area contributed by atoms with E-state index in [1.807, 2.05) is 6.08 Å². The molecule has 18 heavy (non-hydrogen) atoms. The highest BCUT2D eigenvalue weighted by Crippen LogP contribution is 2.37. The third-order valence-corrected chi connectivity index (χ3v) is 9.97. The summed E-state index contributed by atoms with van der Waals surface area (Å²) >= 11 is 3.33. The molecule has 2 N–H and O–H groups in total. The molecule has 0 unspecified atom stereocenters. The first kappa shape index (κ1) is 16.0. The van der Waals surface area contributed by atoms with Gasteiger partial charge in [-0.05, 0) is 31.0 Å². The molecular weight excluding hydrogens is 308 g/mol. The number of aliphatic hydroxyl groups is 2. The van der Waals surface area contributed by atoms with E-state index in [2.05, 4.69) is 48.2 Å². The van der Waals surface area contributed by atoms with Crippen LogP contribution in [0.5, 0.6) is 0 Å². The highest BCUT2D eigenvalue weighted by atomic mass is 79.9. The second-order valence-electron chi connectivity index (χ2n) is 5.03. The Morgan fingerprint density at radius 3 is 2.33 bits per heavy atom. The fourth-order valence-corrected chi connectivity index (χ4v) is 5.46. The van der Waals surface area contributed by atoms with Gasteiger partial charge in [0.05, 0.1) is 0 Å². The Hall–Kier alpha value is -0.0831. The van der Waals surface area contributed by atoms with Gasteiger partial charge in [-0.2, -0.15) is 0 Å². The molecular formula is C14H23BrO2Si. The van der Waals surface area contributed by atoms with Crippen molar-refractivity contribution in [2.45, 2.75) is 63.5 Å². The molecule has 2 atom stereocenters. The van der Waals surface area contributed by atoms with Crippen LogP contribution in [0.2, 0.25) is 18.1 Å². The van der Waals surface area contributed by atoms with Crippen molar-refractivity contribution in [3.63, 3.8) is 0 Å². The van der Waals surface area contributed by atoms with Crippen molar-refractivity contribution in [1.29, 1.82) is 0 Å². The summed E-state index contributed by atoms with van der Waals surface area (Å²) in [4.78, 5) is 0. The van der Waals surface area contributed by atoms with Crippen molar-refractivity contribution >= 4 is 24.0 Å². The van der Waals surface area contributed by atoms with Crippen LogP contribution in [-0.4, -0.2) is 30.0 Å². The predicted octanol–water partition coefficient (Wildman–Crippen LogP) is 3.20. The van der Waals surface area contributed by atoms with Gasteiger partial charge in [0.25, 0.3) is 0 Å². The quantitative estimate of drug-likeness (QED) is 0.613. The molecule has 1 aliphatic rings. The van der Waals surface area contributed by atoms with E-state index in [9.17, 15) is 10.2 Å². The van der Waals surface area contributed by atoms with Gasteiger partial charge in [0, 0.05) is 4.48 Å². The molecule has 0 aromatic heterocycles. The first-order valence-corrected chi connectivity index (χ1v) is 10.1. The van der Waals surface area contributed by atoms with E-state index in [-0.39, 0.29) is 0 Å². The lowest BCUT2D eigenvalue weighted by Crippen LogP contribution is -2.40. The van der Waals surface area contributed by atoms with Gasteiger partial charge in [-0.1, -0.05) is 48.7 Å². The number of rotatable bonds is 4. The van der Waals surface area contributed by atoms with E-state index < -0.39 is 19.8 Å². The molecule has 4 heteroatoms. The summed E-state index contributed by atoms with van der Waals surface area (Å²) in [7, 11) is -1.55. The van der Waals surface area contributed by atoms with E-state index in [1.54, 1.807) is 0 Å². The van der Waals surface area contributed by atoms with Gasteiger partial charge < -0.3 is 10.2 Å². The molecule has 0 saturated carbocycles. The largest absolute Gasteiger partial charge is 0.381 e. The van der Waals surface area contributed by atoms with Crippen molar-refractivity contribution < 1.29 is 10.2 Å².